The SMILES string of the molecule is Cc1c(NC(=O)[C@@H](C)N2C[C@@H](C)O[C@H](C)C2)c(=O)n(-c2ccccc2)n1C. The van der Waals surface area contributed by atoms with Crippen molar-refractivity contribution in [3.8, 4) is 5.69 Å². The minimum atomic E-state index is -0.344. The molecule has 1 N–H and O–H groups in total. The summed E-state index contributed by atoms with van der Waals surface area (Å²) < 4.78 is 9.07. The molecule has 7 heteroatoms. The second kappa shape index (κ2) is 7.70. The number of ether oxygens (including phenoxy) is 1. The fraction of sp³-hybridized carbons (Fsp3) is 0.500. The number of amides is 1. The fourth-order valence-corrected chi connectivity index (χ4v) is 3.64. The van der Waals surface area contributed by atoms with Gasteiger partial charge in [0, 0.05) is 20.1 Å². The first-order valence-corrected chi connectivity index (χ1v) is 9.34. The van der Waals surface area contributed by atoms with E-state index in [1.165, 1.54) is 0 Å². The number of rotatable bonds is 4. The summed E-state index contributed by atoms with van der Waals surface area (Å²) in [5.41, 5.74) is 1.57. The lowest BCUT2D eigenvalue weighted by Crippen LogP contribution is -2.52. The minimum Gasteiger partial charge on any atom is -0.373 e. The Morgan fingerprint density at radius 1 is 1.19 bits per heavy atom. The quantitative estimate of drug-likeness (QED) is 0.890. The number of hydrogen-bond acceptors (Lipinski definition) is 4. The molecule has 0 radical (unpaired) electrons. The lowest BCUT2D eigenvalue weighted by molar-refractivity contribution is -0.126. The largest absolute Gasteiger partial charge is 0.373 e. The first-order chi connectivity index (χ1) is 12.8. The lowest BCUT2D eigenvalue weighted by atomic mass is 10.1. The normalized spacial score (nSPS) is 21.8. The van der Waals surface area contributed by atoms with Crippen LogP contribution in [-0.4, -0.2) is 51.5 Å². The second-order valence-electron chi connectivity index (χ2n) is 7.31. The van der Waals surface area contributed by atoms with Crippen molar-refractivity contribution in [3.63, 3.8) is 0 Å². The Bertz CT molecular complexity index is 861. The Morgan fingerprint density at radius 3 is 2.37 bits per heavy atom. The van der Waals surface area contributed by atoms with Crippen LogP contribution in [0.1, 0.15) is 26.5 Å². The molecule has 0 unspecified atom stereocenters. The van der Waals surface area contributed by atoms with Gasteiger partial charge in [-0.3, -0.25) is 19.2 Å². The average molecular weight is 372 g/mol. The first kappa shape index (κ1) is 19.4. The number of carbonyl (C=O) groups is 1. The van der Waals surface area contributed by atoms with E-state index in [0.29, 0.717) is 24.5 Å². The molecule has 1 aliphatic heterocycles. The summed E-state index contributed by atoms with van der Waals surface area (Å²) in [4.78, 5) is 27.9. The van der Waals surface area contributed by atoms with Gasteiger partial charge in [0.1, 0.15) is 5.69 Å². The van der Waals surface area contributed by atoms with Crippen LogP contribution in [0.2, 0.25) is 0 Å². The highest BCUT2D eigenvalue weighted by Gasteiger charge is 2.30. The van der Waals surface area contributed by atoms with E-state index in [1.807, 2.05) is 65.1 Å². The van der Waals surface area contributed by atoms with E-state index in [0.717, 1.165) is 5.69 Å². The zero-order valence-electron chi connectivity index (χ0n) is 16.6. The zero-order valence-corrected chi connectivity index (χ0v) is 16.6. The summed E-state index contributed by atoms with van der Waals surface area (Å²) in [6, 6.07) is 9.05. The summed E-state index contributed by atoms with van der Waals surface area (Å²) >= 11 is 0. The van der Waals surface area contributed by atoms with Gasteiger partial charge < -0.3 is 10.1 Å². The Hall–Kier alpha value is -2.38. The van der Waals surface area contributed by atoms with Crippen molar-refractivity contribution in [2.45, 2.75) is 45.9 Å². The van der Waals surface area contributed by atoms with Crippen molar-refractivity contribution in [2.75, 3.05) is 18.4 Å². The van der Waals surface area contributed by atoms with Gasteiger partial charge in [0.05, 0.1) is 29.6 Å². The average Bonchev–Trinajstić information content (AvgIpc) is 2.84. The van der Waals surface area contributed by atoms with Crippen molar-refractivity contribution >= 4 is 11.6 Å². The third-order valence-corrected chi connectivity index (χ3v) is 5.18. The summed E-state index contributed by atoms with van der Waals surface area (Å²) in [7, 11) is 1.81. The molecule has 0 bridgehead atoms. The summed E-state index contributed by atoms with van der Waals surface area (Å²) in [6.07, 6.45) is 0.163. The molecule has 1 fully saturated rings. The van der Waals surface area contributed by atoms with Crippen LogP contribution in [-0.2, 0) is 16.6 Å². The molecule has 3 rings (SSSR count). The van der Waals surface area contributed by atoms with Crippen LogP contribution in [0.4, 0.5) is 5.69 Å². The molecule has 7 nitrogen and oxygen atoms in total. The van der Waals surface area contributed by atoms with Crippen molar-refractivity contribution in [1.82, 2.24) is 14.3 Å². The molecule has 1 aromatic heterocycles. The van der Waals surface area contributed by atoms with E-state index >= 15 is 0 Å². The van der Waals surface area contributed by atoms with Gasteiger partial charge in [-0.15, -0.1) is 0 Å². The van der Waals surface area contributed by atoms with Crippen LogP contribution in [0.15, 0.2) is 35.1 Å². The monoisotopic (exact) mass is 372 g/mol. The predicted molar refractivity (Wildman–Crippen MR) is 105 cm³/mol. The molecular weight excluding hydrogens is 344 g/mol. The molecule has 2 aromatic rings. The van der Waals surface area contributed by atoms with Gasteiger partial charge in [-0.25, -0.2) is 4.68 Å². The highest BCUT2D eigenvalue weighted by molar-refractivity contribution is 5.95. The summed E-state index contributed by atoms with van der Waals surface area (Å²) in [6.45, 7) is 9.11. The maximum atomic E-state index is 12.9. The second-order valence-corrected chi connectivity index (χ2v) is 7.31. The van der Waals surface area contributed by atoms with Gasteiger partial charge in [-0.2, -0.15) is 0 Å². The molecule has 1 saturated heterocycles. The van der Waals surface area contributed by atoms with E-state index in [2.05, 4.69) is 10.2 Å². The number of morpholine rings is 1. The van der Waals surface area contributed by atoms with Crippen molar-refractivity contribution in [1.29, 1.82) is 0 Å². The van der Waals surface area contributed by atoms with Gasteiger partial charge in [-0.1, -0.05) is 18.2 Å². The molecule has 1 aromatic carbocycles. The molecule has 27 heavy (non-hydrogen) atoms. The number of hydrogen-bond donors (Lipinski definition) is 1. The van der Waals surface area contributed by atoms with Crippen LogP contribution in [0.25, 0.3) is 5.69 Å². The fourth-order valence-electron chi connectivity index (χ4n) is 3.64. The number of aromatic nitrogens is 2. The number of nitrogens with zero attached hydrogens (tertiary/aromatic N) is 3. The highest BCUT2D eigenvalue weighted by Crippen LogP contribution is 2.17. The van der Waals surface area contributed by atoms with E-state index in [1.54, 1.807) is 9.36 Å². The van der Waals surface area contributed by atoms with Gasteiger partial charge >= 0.3 is 0 Å². The number of carbonyl (C=O) groups excluding carboxylic acids is 1. The van der Waals surface area contributed by atoms with E-state index in [4.69, 9.17) is 4.74 Å². The topological polar surface area (TPSA) is 68.5 Å². The predicted octanol–water partition coefficient (Wildman–Crippen LogP) is 1.92. The van der Waals surface area contributed by atoms with Crippen LogP contribution >= 0.6 is 0 Å². The van der Waals surface area contributed by atoms with E-state index < -0.39 is 0 Å². The van der Waals surface area contributed by atoms with Crippen LogP contribution in [0, 0.1) is 6.92 Å². The number of anilines is 1. The molecule has 1 aliphatic rings. The van der Waals surface area contributed by atoms with Crippen molar-refractivity contribution < 1.29 is 9.53 Å². The number of para-hydroxylation sites is 1. The first-order valence-electron chi connectivity index (χ1n) is 9.34. The molecule has 146 valence electrons. The molecule has 3 atom stereocenters. The van der Waals surface area contributed by atoms with E-state index in [9.17, 15) is 9.59 Å². The maximum absolute atomic E-state index is 12.9. The standard InChI is InChI=1S/C20H28N4O3/c1-13-11-23(12-14(2)27-13)16(4)19(25)21-18-15(3)22(5)24(20(18)26)17-9-7-6-8-10-17/h6-10,13-14,16H,11-12H2,1-5H3,(H,21,25)/t13-,14-,16-/m1/s1. The smallest absolute Gasteiger partial charge is 0.295 e. The Morgan fingerprint density at radius 2 is 1.78 bits per heavy atom. The summed E-state index contributed by atoms with van der Waals surface area (Å²) in [5, 5.41) is 2.86. The molecule has 2 heterocycles. The number of nitrogens with one attached hydrogen (secondary N) is 1. The Labute approximate surface area is 159 Å². The zero-order chi connectivity index (χ0) is 19.7. The van der Waals surface area contributed by atoms with Crippen LogP contribution < -0.4 is 10.9 Å². The Balaban J connectivity index is 1.83. The van der Waals surface area contributed by atoms with Crippen LogP contribution in [0.3, 0.4) is 0 Å². The highest BCUT2D eigenvalue weighted by atomic mass is 16.5. The maximum Gasteiger partial charge on any atom is 0.295 e. The number of benzene rings is 1. The molecular formula is C20H28N4O3. The van der Waals surface area contributed by atoms with Crippen molar-refractivity contribution in [2.24, 2.45) is 7.05 Å². The third kappa shape index (κ3) is 3.84. The van der Waals surface area contributed by atoms with Gasteiger partial charge in [-0.05, 0) is 39.8 Å². The summed E-state index contributed by atoms with van der Waals surface area (Å²) in [5.74, 6) is -0.178. The molecule has 0 spiro atoms. The lowest BCUT2D eigenvalue weighted by Gasteiger charge is -2.38. The molecule has 1 amide bonds. The van der Waals surface area contributed by atoms with Crippen LogP contribution in [0.5, 0.6) is 0 Å². The third-order valence-electron chi connectivity index (χ3n) is 5.18. The van der Waals surface area contributed by atoms with Crippen molar-refractivity contribution in [3.05, 3.63) is 46.4 Å². The minimum absolute atomic E-state index is 0.0813. The Kier molecular flexibility index (Phi) is 5.53. The molecule has 0 saturated carbocycles. The van der Waals surface area contributed by atoms with Gasteiger partial charge in [0.2, 0.25) is 5.91 Å². The molecule has 0 aliphatic carbocycles. The van der Waals surface area contributed by atoms with Gasteiger partial charge in [0.15, 0.2) is 0 Å². The van der Waals surface area contributed by atoms with E-state index in [-0.39, 0.29) is 29.7 Å². The van der Waals surface area contributed by atoms with Gasteiger partial charge in [0.25, 0.3) is 5.56 Å².